The second-order valence-corrected chi connectivity index (χ2v) is 3.79. The van der Waals surface area contributed by atoms with Gasteiger partial charge in [-0.05, 0) is 33.6 Å². The van der Waals surface area contributed by atoms with E-state index in [1.807, 2.05) is 24.0 Å². The number of nitrogens with one attached hydrogen (secondary N) is 1. The third-order valence-corrected chi connectivity index (χ3v) is 2.16. The number of aromatic nitrogens is 2. The standard InChI is InChI=1S/C10H20N4/c1-13(2)7-4-5-11-9-10-12-6-8-14(10)3/h6,8,11H,4-5,7,9H2,1-3H3. The maximum Gasteiger partial charge on any atom is 0.122 e. The summed E-state index contributed by atoms with van der Waals surface area (Å²) in [7, 11) is 6.21. The lowest BCUT2D eigenvalue weighted by atomic mass is 10.4. The molecule has 4 heteroatoms. The summed E-state index contributed by atoms with van der Waals surface area (Å²) in [6.45, 7) is 3.04. The van der Waals surface area contributed by atoms with Crippen LogP contribution in [-0.2, 0) is 13.6 Å². The smallest absolute Gasteiger partial charge is 0.122 e. The third kappa shape index (κ3) is 3.89. The SMILES string of the molecule is CN(C)CCCNCc1nccn1C. The number of aryl methyl sites for hydroxylation is 1. The maximum atomic E-state index is 4.24. The number of hydrogen-bond acceptors (Lipinski definition) is 3. The summed E-state index contributed by atoms with van der Waals surface area (Å²) in [5.41, 5.74) is 0. The van der Waals surface area contributed by atoms with Gasteiger partial charge in [0.2, 0.25) is 0 Å². The highest BCUT2D eigenvalue weighted by atomic mass is 15.1. The Labute approximate surface area is 85.9 Å². The summed E-state index contributed by atoms with van der Waals surface area (Å²) in [6.07, 6.45) is 4.98. The van der Waals surface area contributed by atoms with Gasteiger partial charge >= 0.3 is 0 Å². The normalized spacial score (nSPS) is 11.1. The van der Waals surface area contributed by atoms with Gasteiger partial charge in [0.25, 0.3) is 0 Å². The summed E-state index contributed by atoms with van der Waals surface area (Å²) in [4.78, 5) is 6.44. The summed E-state index contributed by atoms with van der Waals surface area (Å²) in [6, 6.07) is 0. The molecule has 0 aliphatic rings. The largest absolute Gasteiger partial charge is 0.337 e. The van der Waals surface area contributed by atoms with Crippen molar-refractivity contribution in [1.29, 1.82) is 0 Å². The molecular formula is C10H20N4. The zero-order valence-electron chi connectivity index (χ0n) is 9.32. The molecule has 14 heavy (non-hydrogen) atoms. The Morgan fingerprint density at radius 3 is 2.86 bits per heavy atom. The first-order valence-corrected chi connectivity index (χ1v) is 5.02. The third-order valence-electron chi connectivity index (χ3n) is 2.16. The van der Waals surface area contributed by atoms with Crippen molar-refractivity contribution >= 4 is 0 Å². The Balaban J connectivity index is 2.08. The van der Waals surface area contributed by atoms with Gasteiger partial charge < -0.3 is 14.8 Å². The van der Waals surface area contributed by atoms with E-state index < -0.39 is 0 Å². The van der Waals surface area contributed by atoms with Crippen LogP contribution in [0, 0.1) is 0 Å². The lowest BCUT2D eigenvalue weighted by Crippen LogP contribution is -2.22. The second kappa shape index (κ2) is 5.78. The van der Waals surface area contributed by atoms with Gasteiger partial charge in [-0.25, -0.2) is 4.98 Å². The van der Waals surface area contributed by atoms with Gasteiger partial charge in [-0.2, -0.15) is 0 Å². The number of imidazole rings is 1. The molecule has 0 saturated heterocycles. The van der Waals surface area contributed by atoms with Crippen LogP contribution in [0.1, 0.15) is 12.2 Å². The van der Waals surface area contributed by atoms with Crippen molar-refractivity contribution < 1.29 is 0 Å². The first-order valence-electron chi connectivity index (χ1n) is 5.02. The molecule has 0 fully saturated rings. The Kier molecular flexibility index (Phi) is 4.62. The summed E-state index contributed by atoms with van der Waals surface area (Å²) < 4.78 is 2.04. The molecule has 0 spiro atoms. The van der Waals surface area contributed by atoms with Crippen molar-refractivity contribution in [3.63, 3.8) is 0 Å². The molecule has 1 aromatic rings. The highest BCUT2D eigenvalue weighted by Gasteiger charge is 1.97. The number of rotatable bonds is 6. The molecule has 0 aliphatic heterocycles. The topological polar surface area (TPSA) is 33.1 Å². The summed E-state index contributed by atoms with van der Waals surface area (Å²) in [5.74, 6) is 1.09. The zero-order valence-corrected chi connectivity index (χ0v) is 9.32. The number of hydrogen-bond donors (Lipinski definition) is 1. The van der Waals surface area contributed by atoms with Crippen LogP contribution in [0.2, 0.25) is 0 Å². The molecule has 0 atom stereocenters. The molecule has 0 unspecified atom stereocenters. The molecule has 1 aromatic heterocycles. The lowest BCUT2D eigenvalue weighted by Gasteiger charge is -2.09. The maximum absolute atomic E-state index is 4.24. The van der Waals surface area contributed by atoms with E-state index in [0.717, 1.165) is 25.5 Å². The molecule has 1 rings (SSSR count). The quantitative estimate of drug-likeness (QED) is 0.671. The molecule has 80 valence electrons. The first-order chi connectivity index (χ1) is 6.70. The van der Waals surface area contributed by atoms with Gasteiger partial charge in [-0.3, -0.25) is 0 Å². The molecule has 1 N–H and O–H groups in total. The van der Waals surface area contributed by atoms with E-state index in [1.54, 1.807) is 0 Å². The fourth-order valence-electron chi connectivity index (χ4n) is 1.29. The van der Waals surface area contributed by atoms with Crippen LogP contribution in [-0.4, -0.2) is 41.6 Å². The zero-order chi connectivity index (χ0) is 10.4. The summed E-state index contributed by atoms with van der Waals surface area (Å²) in [5, 5.41) is 3.37. The lowest BCUT2D eigenvalue weighted by molar-refractivity contribution is 0.393. The van der Waals surface area contributed by atoms with Crippen molar-refractivity contribution in [1.82, 2.24) is 19.8 Å². The minimum Gasteiger partial charge on any atom is -0.337 e. The predicted octanol–water partition coefficient (Wildman–Crippen LogP) is 0.461. The van der Waals surface area contributed by atoms with Gasteiger partial charge in [0.05, 0.1) is 6.54 Å². The fourth-order valence-corrected chi connectivity index (χ4v) is 1.29. The Bertz CT molecular complexity index is 254. The Morgan fingerprint density at radius 1 is 1.50 bits per heavy atom. The van der Waals surface area contributed by atoms with Crippen LogP contribution in [0.5, 0.6) is 0 Å². The van der Waals surface area contributed by atoms with Gasteiger partial charge in [0.1, 0.15) is 5.82 Å². The number of nitrogens with zero attached hydrogens (tertiary/aromatic N) is 3. The molecule has 4 nitrogen and oxygen atoms in total. The van der Waals surface area contributed by atoms with E-state index in [-0.39, 0.29) is 0 Å². The van der Waals surface area contributed by atoms with Crippen LogP contribution in [0.4, 0.5) is 0 Å². The summed E-state index contributed by atoms with van der Waals surface area (Å²) >= 11 is 0. The first kappa shape index (κ1) is 11.2. The van der Waals surface area contributed by atoms with E-state index in [1.165, 1.54) is 6.42 Å². The molecule has 0 radical (unpaired) electrons. The molecule has 0 bridgehead atoms. The molecular weight excluding hydrogens is 176 g/mol. The van der Waals surface area contributed by atoms with Gasteiger partial charge in [0.15, 0.2) is 0 Å². The van der Waals surface area contributed by atoms with Crippen LogP contribution < -0.4 is 5.32 Å². The van der Waals surface area contributed by atoms with Crippen molar-refractivity contribution in [3.05, 3.63) is 18.2 Å². The average molecular weight is 196 g/mol. The van der Waals surface area contributed by atoms with E-state index in [9.17, 15) is 0 Å². The van der Waals surface area contributed by atoms with Crippen molar-refractivity contribution in [3.8, 4) is 0 Å². The Morgan fingerprint density at radius 2 is 2.29 bits per heavy atom. The predicted molar refractivity (Wildman–Crippen MR) is 58.1 cm³/mol. The van der Waals surface area contributed by atoms with E-state index in [0.29, 0.717) is 0 Å². The van der Waals surface area contributed by atoms with Crippen LogP contribution >= 0.6 is 0 Å². The van der Waals surface area contributed by atoms with Crippen molar-refractivity contribution in [2.24, 2.45) is 7.05 Å². The van der Waals surface area contributed by atoms with E-state index in [2.05, 4.69) is 29.3 Å². The Hall–Kier alpha value is -0.870. The monoisotopic (exact) mass is 196 g/mol. The van der Waals surface area contributed by atoms with Crippen molar-refractivity contribution in [2.45, 2.75) is 13.0 Å². The van der Waals surface area contributed by atoms with Gasteiger partial charge in [0, 0.05) is 19.4 Å². The van der Waals surface area contributed by atoms with Crippen molar-refractivity contribution in [2.75, 3.05) is 27.2 Å². The van der Waals surface area contributed by atoms with Crippen LogP contribution in [0.15, 0.2) is 12.4 Å². The molecule has 0 aliphatic carbocycles. The minimum absolute atomic E-state index is 0.858. The van der Waals surface area contributed by atoms with E-state index in [4.69, 9.17) is 0 Å². The highest BCUT2D eigenvalue weighted by Crippen LogP contribution is 1.92. The molecule has 1 heterocycles. The highest BCUT2D eigenvalue weighted by molar-refractivity contribution is 4.90. The average Bonchev–Trinajstić information content (AvgIpc) is 2.51. The molecule has 0 amide bonds. The molecule has 0 saturated carbocycles. The van der Waals surface area contributed by atoms with Crippen LogP contribution in [0.25, 0.3) is 0 Å². The fraction of sp³-hybridized carbons (Fsp3) is 0.700. The second-order valence-electron chi connectivity index (χ2n) is 3.79. The van der Waals surface area contributed by atoms with E-state index >= 15 is 0 Å². The van der Waals surface area contributed by atoms with Gasteiger partial charge in [-0.1, -0.05) is 0 Å². The minimum atomic E-state index is 0.858. The van der Waals surface area contributed by atoms with Gasteiger partial charge in [-0.15, -0.1) is 0 Å². The molecule has 0 aromatic carbocycles. The van der Waals surface area contributed by atoms with Crippen LogP contribution in [0.3, 0.4) is 0 Å².